The molecule has 4 aromatic rings. The van der Waals surface area contributed by atoms with Gasteiger partial charge in [0.2, 0.25) is 5.13 Å². The number of nitrogens with zero attached hydrogens (tertiary/aromatic N) is 3. The number of thioether (sulfide) groups is 1. The van der Waals surface area contributed by atoms with Crippen molar-refractivity contribution in [3.05, 3.63) is 99.3 Å². The summed E-state index contributed by atoms with van der Waals surface area (Å²) in [5, 5.41) is 19.8. The smallest absolute Gasteiger partial charge is 0.301 e. The average Bonchev–Trinajstić information content (AvgIpc) is 3.54. The normalized spacial score (nSPS) is 16.4. The molecule has 204 valence electrons. The van der Waals surface area contributed by atoms with E-state index in [0.29, 0.717) is 38.3 Å². The predicted molar refractivity (Wildman–Crippen MR) is 154 cm³/mol. The van der Waals surface area contributed by atoms with Crippen molar-refractivity contribution in [1.82, 2.24) is 10.2 Å². The highest BCUT2D eigenvalue weighted by atomic mass is 79.9. The van der Waals surface area contributed by atoms with E-state index < -0.39 is 17.7 Å². The monoisotopic (exact) mass is 641 g/mol. The van der Waals surface area contributed by atoms with Crippen molar-refractivity contribution in [1.29, 1.82) is 0 Å². The van der Waals surface area contributed by atoms with Crippen LogP contribution in [0.2, 0.25) is 0 Å². The molecule has 8 nitrogen and oxygen atoms in total. The quantitative estimate of drug-likeness (QED) is 0.0778. The molecular formula is C28H21BrFN3O5S2. The molecule has 0 saturated carbocycles. The van der Waals surface area contributed by atoms with Gasteiger partial charge in [-0.05, 0) is 41.5 Å². The minimum absolute atomic E-state index is 0.102. The Morgan fingerprint density at radius 2 is 1.77 bits per heavy atom. The number of aliphatic hydroxyl groups is 1. The molecule has 1 aliphatic rings. The van der Waals surface area contributed by atoms with Crippen LogP contribution in [0.1, 0.15) is 22.7 Å². The molecule has 3 aromatic carbocycles. The van der Waals surface area contributed by atoms with Gasteiger partial charge < -0.3 is 14.6 Å². The van der Waals surface area contributed by atoms with Crippen molar-refractivity contribution < 1.29 is 28.6 Å². The summed E-state index contributed by atoms with van der Waals surface area (Å²) in [5.74, 6) is -1.23. The third kappa shape index (κ3) is 5.34. The molecule has 2 heterocycles. The van der Waals surface area contributed by atoms with E-state index in [1.54, 1.807) is 60.7 Å². The van der Waals surface area contributed by atoms with Crippen molar-refractivity contribution in [3.63, 3.8) is 0 Å². The maximum absolute atomic E-state index is 14.1. The van der Waals surface area contributed by atoms with Crippen LogP contribution in [0.4, 0.5) is 9.52 Å². The van der Waals surface area contributed by atoms with Gasteiger partial charge in [0.05, 0.1) is 25.8 Å². The zero-order chi connectivity index (χ0) is 28.4. The lowest BCUT2D eigenvalue weighted by Gasteiger charge is -2.23. The molecule has 1 saturated heterocycles. The Labute approximate surface area is 245 Å². The second-order valence-corrected chi connectivity index (χ2v) is 11.6. The molecule has 0 radical (unpaired) electrons. The van der Waals surface area contributed by atoms with E-state index in [9.17, 15) is 19.1 Å². The third-order valence-electron chi connectivity index (χ3n) is 6.20. The highest BCUT2D eigenvalue weighted by Gasteiger charge is 2.48. The number of hydrogen-bond acceptors (Lipinski definition) is 9. The summed E-state index contributed by atoms with van der Waals surface area (Å²) in [6.07, 6.45) is 0. The number of halogens is 2. The maximum Gasteiger partial charge on any atom is 0.301 e. The number of amides is 1. The van der Waals surface area contributed by atoms with Crippen LogP contribution in [-0.4, -0.2) is 41.2 Å². The van der Waals surface area contributed by atoms with E-state index in [1.165, 1.54) is 36.9 Å². The summed E-state index contributed by atoms with van der Waals surface area (Å²) in [5.41, 5.74) is 1.26. The van der Waals surface area contributed by atoms with Crippen LogP contribution in [0.25, 0.3) is 5.76 Å². The zero-order valence-electron chi connectivity index (χ0n) is 21.1. The first-order valence-corrected chi connectivity index (χ1v) is 14.4. The lowest BCUT2D eigenvalue weighted by atomic mass is 9.95. The maximum atomic E-state index is 14.1. The molecule has 0 aliphatic carbocycles. The molecule has 40 heavy (non-hydrogen) atoms. The molecule has 1 N–H and O–H groups in total. The van der Waals surface area contributed by atoms with Gasteiger partial charge in [-0.3, -0.25) is 14.5 Å². The predicted octanol–water partition coefficient (Wildman–Crippen LogP) is 6.38. The van der Waals surface area contributed by atoms with Gasteiger partial charge >= 0.3 is 5.91 Å². The van der Waals surface area contributed by atoms with Crippen LogP contribution in [0.5, 0.6) is 11.5 Å². The minimum Gasteiger partial charge on any atom is -0.507 e. The zero-order valence-corrected chi connectivity index (χ0v) is 24.3. The molecule has 1 amide bonds. The molecule has 12 heteroatoms. The van der Waals surface area contributed by atoms with Crippen LogP contribution in [0.15, 0.2) is 81.1 Å². The van der Waals surface area contributed by atoms with Gasteiger partial charge in [0, 0.05) is 15.8 Å². The van der Waals surface area contributed by atoms with Crippen LogP contribution in [-0.2, 0) is 15.3 Å². The highest BCUT2D eigenvalue weighted by Crippen LogP contribution is 2.45. The fraction of sp³-hybridized carbons (Fsp3) is 0.143. The van der Waals surface area contributed by atoms with E-state index in [0.717, 1.165) is 15.8 Å². The first kappa shape index (κ1) is 27.8. The molecule has 1 atom stereocenters. The van der Waals surface area contributed by atoms with E-state index in [4.69, 9.17) is 9.47 Å². The first-order valence-electron chi connectivity index (χ1n) is 11.8. The van der Waals surface area contributed by atoms with Crippen LogP contribution < -0.4 is 14.4 Å². The van der Waals surface area contributed by atoms with Gasteiger partial charge in [-0.2, -0.15) is 0 Å². The van der Waals surface area contributed by atoms with Gasteiger partial charge in [0.1, 0.15) is 11.6 Å². The Morgan fingerprint density at radius 1 is 1.05 bits per heavy atom. The van der Waals surface area contributed by atoms with E-state index in [2.05, 4.69) is 26.1 Å². The van der Waals surface area contributed by atoms with E-state index >= 15 is 0 Å². The van der Waals surface area contributed by atoms with Gasteiger partial charge in [-0.1, -0.05) is 75.4 Å². The summed E-state index contributed by atoms with van der Waals surface area (Å²) in [4.78, 5) is 28.1. The summed E-state index contributed by atoms with van der Waals surface area (Å²) in [6.45, 7) is 0. The minimum atomic E-state index is -1.03. The first-order chi connectivity index (χ1) is 19.3. The Hall–Kier alpha value is -3.74. The van der Waals surface area contributed by atoms with Gasteiger partial charge in [-0.15, -0.1) is 10.2 Å². The third-order valence-corrected chi connectivity index (χ3v) is 8.83. The van der Waals surface area contributed by atoms with Crippen LogP contribution in [0, 0.1) is 5.82 Å². The Kier molecular flexibility index (Phi) is 8.19. The number of aromatic nitrogens is 2. The van der Waals surface area contributed by atoms with Gasteiger partial charge in [-0.25, -0.2) is 4.39 Å². The fourth-order valence-electron chi connectivity index (χ4n) is 4.24. The molecule has 1 fully saturated rings. The number of carbonyl (C=O) groups excluding carboxylic acids is 2. The number of carbonyl (C=O) groups is 2. The number of rotatable bonds is 8. The number of benzene rings is 3. The molecule has 1 aromatic heterocycles. The largest absolute Gasteiger partial charge is 0.507 e. The van der Waals surface area contributed by atoms with Crippen molar-refractivity contribution in [2.45, 2.75) is 16.1 Å². The van der Waals surface area contributed by atoms with Crippen molar-refractivity contribution in [2.24, 2.45) is 0 Å². The molecule has 1 unspecified atom stereocenters. The number of anilines is 1. The Morgan fingerprint density at radius 3 is 2.48 bits per heavy atom. The Bertz CT molecular complexity index is 1630. The number of hydrogen-bond donors (Lipinski definition) is 1. The molecule has 0 spiro atoms. The fourth-order valence-corrected chi connectivity index (χ4v) is 6.36. The van der Waals surface area contributed by atoms with E-state index in [1.807, 2.05) is 0 Å². The molecular weight excluding hydrogens is 621 g/mol. The summed E-state index contributed by atoms with van der Waals surface area (Å²) >= 11 is 5.72. The number of Topliss-reactive ketones (excluding diaryl/α,β-unsaturated/α-hetero) is 1. The summed E-state index contributed by atoms with van der Waals surface area (Å²) in [6, 6.07) is 17.1. The number of methoxy groups -OCH3 is 2. The standard InChI is InChI=1S/C28H21BrFN3O5S2/c1-37-20-12-9-16(13-21(20)38-2)23-22(24(34)15-7-10-18(29)11-8-15)25(35)26(36)33(23)27-31-32-28(40-27)39-14-17-5-3-4-6-19(17)30/h3-13,23,34H,14H2,1-2H3/b24-22-. The highest BCUT2D eigenvalue weighted by molar-refractivity contribution is 9.10. The van der Waals surface area contributed by atoms with Crippen LogP contribution >= 0.6 is 39.0 Å². The topological polar surface area (TPSA) is 102 Å². The second-order valence-electron chi connectivity index (χ2n) is 8.52. The molecule has 1 aliphatic heterocycles. The second kappa shape index (κ2) is 11.8. The lowest BCUT2D eigenvalue weighted by molar-refractivity contribution is -0.132. The lowest BCUT2D eigenvalue weighted by Crippen LogP contribution is -2.29. The molecule has 0 bridgehead atoms. The van der Waals surface area contributed by atoms with Crippen molar-refractivity contribution >= 4 is 61.6 Å². The summed E-state index contributed by atoms with van der Waals surface area (Å²) in [7, 11) is 2.98. The average molecular weight is 643 g/mol. The number of ether oxygens (including phenoxy) is 2. The Balaban J connectivity index is 1.58. The number of ketones is 1. The van der Waals surface area contributed by atoms with Crippen molar-refractivity contribution in [2.75, 3.05) is 19.1 Å². The SMILES string of the molecule is COc1ccc(C2/C(=C(/O)c3ccc(Br)cc3)C(=O)C(=O)N2c2nnc(SCc3ccccc3F)s2)cc1OC. The van der Waals surface area contributed by atoms with Gasteiger partial charge in [0.25, 0.3) is 5.78 Å². The van der Waals surface area contributed by atoms with Crippen molar-refractivity contribution in [3.8, 4) is 11.5 Å². The number of aliphatic hydroxyl groups excluding tert-OH is 1. The molecule has 5 rings (SSSR count). The van der Waals surface area contributed by atoms with Crippen LogP contribution in [0.3, 0.4) is 0 Å². The summed E-state index contributed by atoms with van der Waals surface area (Å²) < 4.78 is 26.2. The van der Waals surface area contributed by atoms with Gasteiger partial charge in [0.15, 0.2) is 15.8 Å². The van der Waals surface area contributed by atoms with E-state index in [-0.39, 0.29) is 22.3 Å².